The van der Waals surface area contributed by atoms with E-state index >= 15 is 0 Å². The fourth-order valence-corrected chi connectivity index (χ4v) is 4.79. The highest BCUT2D eigenvalue weighted by Crippen LogP contribution is 2.44. The van der Waals surface area contributed by atoms with Crippen molar-refractivity contribution in [3.05, 3.63) is 82.4 Å². The number of ether oxygens (including phenoxy) is 3. The van der Waals surface area contributed by atoms with E-state index in [9.17, 15) is 14.7 Å². The second-order valence-corrected chi connectivity index (χ2v) is 9.05. The van der Waals surface area contributed by atoms with Gasteiger partial charge in [-0.1, -0.05) is 12.1 Å². The SMILES string of the molecule is COc1ccc(/C(O)=C2\C(=O)C(=O)N(c3nc4ccc(C)cc4[nH]3)C2c2ccc(OC)c(OC)c2)cc1C. The fourth-order valence-electron chi connectivity index (χ4n) is 4.79. The van der Waals surface area contributed by atoms with Gasteiger partial charge in [0.2, 0.25) is 5.95 Å². The molecule has 0 spiro atoms. The van der Waals surface area contributed by atoms with Crippen LogP contribution in [0.4, 0.5) is 5.95 Å². The molecule has 194 valence electrons. The van der Waals surface area contributed by atoms with Crippen molar-refractivity contribution in [2.24, 2.45) is 0 Å². The van der Waals surface area contributed by atoms with Crippen LogP contribution in [-0.2, 0) is 9.59 Å². The minimum atomic E-state index is -0.987. The van der Waals surface area contributed by atoms with E-state index in [1.54, 1.807) is 43.5 Å². The van der Waals surface area contributed by atoms with E-state index in [0.717, 1.165) is 16.6 Å². The van der Waals surface area contributed by atoms with Crippen LogP contribution in [0.5, 0.6) is 17.2 Å². The number of rotatable bonds is 6. The Bertz CT molecular complexity index is 1620. The van der Waals surface area contributed by atoms with Crippen molar-refractivity contribution in [3.8, 4) is 17.2 Å². The highest BCUT2D eigenvalue weighted by atomic mass is 16.5. The predicted octanol–water partition coefficient (Wildman–Crippen LogP) is 4.83. The van der Waals surface area contributed by atoms with E-state index in [4.69, 9.17) is 14.2 Å². The summed E-state index contributed by atoms with van der Waals surface area (Å²) in [5, 5.41) is 11.4. The molecule has 1 atom stereocenters. The molecule has 1 aromatic heterocycles. The molecule has 1 aliphatic heterocycles. The number of nitrogens with one attached hydrogen (secondary N) is 1. The quantitative estimate of drug-likeness (QED) is 0.216. The number of aromatic nitrogens is 2. The molecule has 38 heavy (non-hydrogen) atoms. The number of Topliss-reactive ketones (excluding diaryl/α,β-unsaturated/α-hetero) is 1. The summed E-state index contributed by atoms with van der Waals surface area (Å²) < 4.78 is 16.2. The van der Waals surface area contributed by atoms with Gasteiger partial charge in [0.15, 0.2) is 11.5 Å². The first-order valence-corrected chi connectivity index (χ1v) is 11.9. The molecule has 9 heteroatoms. The summed E-state index contributed by atoms with van der Waals surface area (Å²) in [6.45, 7) is 3.78. The first-order valence-electron chi connectivity index (χ1n) is 11.9. The summed E-state index contributed by atoms with van der Waals surface area (Å²) in [7, 11) is 4.57. The Morgan fingerprint density at radius 3 is 2.29 bits per heavy atom. The van der Waals surface area contributed by atoms with E-state index < -0.39 is 17.7 Å². The topological polar surface area (TPSA) is 114 Å². The third-order valence-corrected chi connectivity index (χ3v) is 6.69. The number of hydrogen-bond acceptors (Lipinski definition) is 7. The molecule has 4 aromatic rings. The summed E-state index contributed by atoms with van der Waals surface area (Å²) in [6, 6.07) is 14.8. The highest BCUT2D eigenvalue weighted by molar-refractivity contribution is 6.51. The molecule has 1 amide bonds. The first kappa shape index (κ1) is 24.9. The number of carbonyl (C=O) groups excluding carboxylic acids is 2. The number of imidazole rings is 1. The van der Waals surface area contributed by atoms with Gasteiger partial charge in [0.1, 0.15) is 11.5 Å². The number of aryl methyl sites for hydroxylation is 2. The maximum Gasteiger partial charge on any atom is 0.302 e. The number of methoxy groups -OCH3 is 3. The van der Waals surface area contributed by atoms with Crippen molar-refractivity contribution in [3.63, 3.8) is 0 Å². The van der Waals surface area contributed by atoms with Gasteiger partial charge in [0.05, 0.1) is 44.0 Å². The minimum Gasteiger partial charge on any atom is -0.507 e. The van der Waals surface area contributed by atoms with Crippen molar-refractivity contribution in [2.75, 3.05) is 26.2 Å². The molecule has 0 bridgehead atoms. The van der Waals surface area contributed by atoms with Crippen LogP contribution in [-0.4, -0.2) is 48.1 Å². The Hall–Kier alpha value is -4.79. The largest absolute Gasteiger partial charge is 0.507 e. The summed E-state index contributed by atoms with van der Waals surface area (Å²) in [6.07, 6.45) is 0. The van der Waals surface area contributed by atoms with Crippen LogP contribution in [0.2, 0.25) is 0 Å². The van der Waals surface area contributed by atoms with Gasteiger partial charge in [0, 0.05) is 5.56 Å². The standard InChI is InChI=1S/C29H27N3O6/c1-15-6-9-19-20(12-15)31-29(30-19)32-25(17-7-11-22(37-4)23(14-17)38-5)24(27(34)28(32)35)26(33)18-8-10-21(36-3)16(2)13-18/h6-14,25,33H,1-5H3,(H,30,31)/b26-24+. The van der Waals surface area contributed by atoms with Gasteiger partial charge in [-0.25, -0.2) is 4.98 Å². The number of hydrogen-bond donors (Lipinski definition) is 2. The molecule has 1 aliphatic rings. The van der Waals surface area contributed by atoms with Crippen molar-refractivity contribution in [2.45, 2.75) is 19.9 Å². The van der Waals surface area contributed by atoms with Crippen LogP contribution < -0.4 is 19.1 Å². The average Bonchev–Trinajstić information content (AvgIpc) is 3.45. The molecule has 1 unspecified atom stereocenters. The van der Waals surface area contributed by atoms with Gasteiger partial charge in [-0.05, 0) is 73.0 Å². The number of H-pyrrole nitrogens is 1. The number of carbonyl (C=O) groups is 2. The number of aliphatic hydroxyl groups excluding tert-OH is 1. The number of nitrogens with zero attached hydrogens (tertiary/aromatic N) is 2. The van der Waals surface area contributed by atoms with Crippen molar-refractivity contribution in [1.82, 2.24) is 9.97 Å². The molecule has 0 aliphatic carbocycles. The Morgan fingerprint density at radius 2 is 1.61 bits per heavy atom. The smallest absolute Gasteiger partial charge is 0.302 e. The van der Waals surface area contributed by atoms with Gasteiger partial charge in [-0.2, -0.15) is 0 Å². The second kappa shape index (κ2) is 9.59. The number of aliphatic hydroxyl groups is 1. The van der Waals surface area contributed by atoms with E-state index in [1.807, 2.05) is 32.0 Å². The van der Waals surface area contributed by atoms with Crippen LogP contribution in [0.15, 0.2) is 60.2 Å². The third-order valence-electron chi connectivity index (χ3n) is 6.69. The molecule has 0 saturated carbocycles. The molecule has 9 nitrogen and oxygen atoms in total. The lowest BCUT2D eigenvalue weighted by molar-refractivity contribution is -0.132. The van der Waals surface area contributed by atoms with Crippen LogP contribution in [0.25, 0.3) is 16.8 Å². The van der Waals surface area contributed by atoms with Crippen molar-refractivity contribution < 1.29 is 28.9 Å². The maximum absolute atomic E-state index is 13.5. The molecular weight excluding hydrogens is 486 g/mol. The molecule has 1 fully saturated rings. The lowest BCUT2D eigenvalue weighted by Gasteiger charge is -2.24. The van der Waals surface area contributed by atoms with Gasteiger partial charge in [-0.15, -0.1) is 0 Å². The Morgan fingerprint density at radius 1 is 0.895 bits per heavy atom. The van der Waals surface area contributed by atoms with Crippen molar-refractivity contribution >= 4 is 34.4 Å². The molecule has 2 N–H and O–H groups in total. The Kier molecular flexibility index (Phi) is 6.28. The summed E-state index contributed by atoms with van der Waals surface area (Å²) in [5.41, 5.74) is 3.99. The number of aromatic amines is 1. The highest BCUT2D eigenvalue weighted by Gasteiger charge is 2.48. The van der Waals surface area contributed by atoms with Crippen LogP contribution in [0.3, 0.4) is 0 Å². The average molecular weight is 514 g/mol. The molecule has 2 heterocycles. The maximum atomic E-state index is 13.5. The first-order chi connectivity index (χ1) is 18.3. The summed E-state index contributed by atoms with van der Waals surface area (Å²) in [4.78, 5) is 36.1. The van der Waals surface area contributed by atoms with E-state index in [2.05, 4.69) is 9.97 Å². The summed E-state index contributed by atoms with van der Waals surface area (Å²) in [5.74, 6) is -0.217. The van der Waals surface area contributed by atoms with E-state index in [1.165, 1.54) is 19.1 Å². The van der Waals surface area contributed by atoms with Gasteiger partial charge >= 0.3 is 5.91 Å². The van der Waals surface area contributed by atoms with Gasteiger partial charge < -0.3 is 24.3 Å². The van der Waals surface area contributed by atoms with E-state index in [-0.39, 0.29) is 17.3 Å². The third kappa shape index (κ3) is 4.02. The minimum absolute atomic E-state index is 0.0663. The van der Waals surface area contributed by atoms with E-state index in [0.29, 0.717) is 33.9 Å². The van der Waals surface area contributed by atoms with Crippen LogP contribution >= 0.6 is 0 Å². The zero-order chi connectivity index (χ0) is 27.1. The normalized spacial score (nSPS) is 16.8. The Balaban J connectivity index is 1.74. The molecule has 0 radical (unpaired) electrons. The second-order valence-electron chi connectivity index (χ2n) is 9.05. The number of ketones is 1. The number of fused-ring (bicyclic) bond motifs is 1. The fraction of sp³-hybridized carbons (Fsp3) is 0.207. The number of benzene rings is 3. The molecule has 3 aromatic carbocycles. The Labute approximate surface area is 219 Å². The molecule has 5 rings (SSSR count). The predicted molar refractivity (Wildman–Crippen MR) is 143 cm³/mol. The van der Waals surface area contributed by atoms with Crippen LogP contribution in [0.1, 0.15) is 28.3 Å². The van der Waals surface area contributed by atoms with Gasteiger partial charge in [0.25, 0.3) is 5.78 Å². The zero-order valence-electron chi connectivity index (χ0n) is 21.7. The lowest BCUT2D eigenvalue weighted by Crippen LogP contribution is -2.30. The zero-order valence-corrected chi connectivity index (χ0v) is 21.7. The van der Waals surface area contributed by atoms with Gasteiger partial charge in [-0.3, -0.25) is 14.5 Å². The number of amides is 1. The lowest BCUT2D eigenvalue weighted by atomic mass is 9.94. The molecule has 1 saturated heterocycles. The van der Waals surface area contributed by atoms with Crippen LogP contribution in [0, 0.1) is 13.8 Å². The summed E-state index contributed by atoms with van der Waals surface area (Å²) >= 11 is 0. The molecular formula is C29H27N3O6. The monoisotopic (exact) mass is 513 g/mol. The van der Waals surface area contributed by atoms with Crippen molar-refractivity contribution in [1.29, 1.82) is 0 Å². The number of anilines is 1.